The van der Waals surface area contributed by atoms with E-state index in [1.807, 2.05) is 0 Å². The number of halogens is 3. The van der Waals surface area contributed by atoms with Gasteiger partial charge in [-0.1, -0.05) is 0 Å². The van der Waals surface area contributed by atoms with Crippen molar-refractivity contribution in [2.45, 2.75) is 12.2 Å². The van der Waals surface area contributed by atoms with Gasteiger partial charge in [0.15, 0.2) is 0 Å². The average Bonchev–Trinajstić information content (AvgIpc) is 2.38. The van der Waals surface area contributed by atoms with Gasteiger partial charge in [0.1, 0.15) is 0 Å². The number of ether oxygens (including phenoxy) is 2. The van der Waals surface area contributed by atoms with Gasteiger partial charge in [-0.15, -0.1) is 0 Å². The summed E-state index contributed by atoms with van der Waals surface area (Å²) in [7, 11) is 2.96. The summed E-state index contributed by atoms with van der Waals surface area (Å²) in [5.74, 6) is -0.474. The Balaban J connectivity index is 2.72. The van der Waals surface area contributed by atoms with Crippen molar-refractivity contribution < 1.29 is 27.4 Å². The molecule has 0 aromatic heterocycles. The fraction of sp³-hybridized carbons (Fsp3) is 0.462. The standard InChI is InChI=1S/C13H16F3NO3/c1-19-7-11(8-20-2)17-12(18)9-3-5-10(6-4-9)13(14,15)16/h3-6,11H,7-8H2,1-2H3,(H,17,18). The molecule has 112 valence electrons. The van der Waals surface area contributed by atoms with Crippen LogP contribution in [0.15, 0.2) is 24.3 Å². The lowest BCUT2D eigenvalue weighted by molar-refractivity contribution is -0.137. The molecule has 4 nitrogen and oxygen atoms in total. The van der Waals surface area contributed by atoms with E-state index in [0.29, 0.717) is 0 Å². The predicted octanol–water partition coefficient (Wildman–Crippen LogP) is 2.10. The highest BCUT2D eigenvalue weighted by atomic mass is 19.4. The molecular formula is C13H16F3NO3. The molecule has 1 aromatic carbocycles. The SMILES string of the molecule is COCC(COC)NC(=O)c1ccc(C(F)(F)F)cc1. The zero-order valence-electron chi connectivity index (χ0n) is 11.2. The predicted molar refractivity (Wildman–Crippen MR) is 66.5 cm³/mol. The topological polar surface area (TPSA) is 47.6 Å². The maximum atomic E-state index is 12.4. The molecule has 7 heteroatoms. The molecule has 0 unspecified atom stereocenters. The van der Waals surface area contributed by atoms with Crippen molar-refractivity contribution in [3.8, 4) is 0 Å². The van der Waals surface area contributed by atoms with Crippen LogP contribution < -0.4 is 5.32 Å². The van der Waals surface area contributed by atoms with Gasteiger partial charge in [0.05, 0.1) is 24.8 Å². The van der Waals surface area contributed by atoms with E-state index in [0.717, 1.165) is 24.3 Å². The number of methoxy groups -OCH3 is 2. The van der Waals surface area contributed by atoms with Crippen LogP contribution in [-0.4, -0.2) is 39.4 Å². The fourth-order valence-corrected chi connectivity index (χ4v) is 1.61. The Morgan fingerprint density at radius 3 is 2.05 bits per heavy atom. The number of nitrogens with one attached hydrogen (secondary N) is 1. The first-order chi connectivity index (χ1) is 9.38. The van der Waals surface area contributed by atoms with Crippen LogP contribution in [0.25, 0.3) is 0 Å². The molecule has 0 heterocycles. The van der Waals surface area contributed by atoms with E-state index in [9.17, 15) is 18.0 Å². The van der Waals surface area contributed by atoms with Gasteiger partial charge in [-0.3, -0.25) is 4.79 Å². The fourth-order valence-electron chi connectivity index (χ4n) is 1.61. The highest BCUT2D eigenvalue weighted by Gasteiger charge is 2.30. The summed E-state index contributed by atoms with van der Waals surface area (Å²) >= 11 is 0. The summed E-state index contributed by atoms with van der Waals surface area (Å²) in [6.45, 7) is 0.500. The zero-order valence-corrected chi connectivity index (χ0v) is 11.2. The van der Waals surface area contributed by atoms with Crippen molar-refractivity contribution in [3.63, 3.8) is 0 Å². The summed E-state index contributed by atoms with van der Waals surface area (Å²) in [5.41, 5.74) is -0.644. The smallest absolute Gasteiger partial charge is 0.382 e. The molecule has 1 amide bonds. The normalized spacial score (nSPS) is 11.7. The first-order valence-electron chi connectivity index (χ1n) is 5.84. The minimum absolute atomic E-state index is 0.148. The third kappa shape index (κ3) is 4.82. The zero-order chi connectivity index (χ0) is 15.2. The number of hydrogen-bond donors (Lipinski definition) is 1. The Morgan fingerprint density at radius 2 is 1.65 bits per heavy atom. The van der Waals surface area contributed by atoms with Gasteiger partial charge in [-0.25, -0.2) is 0 Å². The van der Waals surface area contributed by atoms with Crippen molar-refractivity contribution in [1.29, 1.82) is 0 Å². The molecule has 0 saturated carbocycles. The molecule has 0 spiro atoms. The first-order valence-corrected chi connectivity index (χ1v) is 5.84. The van der Waals surface area contributed by atoms with Gasteiger partial charge < -0.3 is 14.8 Å². The molecule has 20 heavy (non-hydrogen) atoms. The molecule has 1 rings (SSSR count). The molecule has 0 aliphatic heterocycles. The maximum absolute atomic E-state index is 12.4. The Kier molecular flexibility index (Phi) is 5.97. The second-order valence-electron chi connectivity index (χ2n) is 4.16. The van der Waals surface area contributed by atoms with E-state index in [-0.39, 0.29) is 24.8 Å². The second-order valence-corrected chi connectivity index (χ2v) is 4.16. The summed E-state index contributed by atoms with van der Waals surface area (Å²) in [4.78, 5) is 11.9. The van der Waals surface area contributed by atoms with Crippen LogP contribution in [0.4, 0.5) is 13.2 Å². The molecule has 0 aliphatic rings. The lowest BCUT2D eigenvalue weighted by Crippen LogP contribution is -2.41. The van der Waals surface area contributed by atoms with Crippen molar-refractivity contribution in [2.24, 2.45) is 0 Å². The van der Waals surface area contributed by atoms with Crippen LogP contribution in [0, 0.1) is 0 Å². The quantitative estimate of drug-likeness (QED) is 0.873. The van der Waals surface area contributed by atoms with Gasteiger partial charge in [-0.2, -0.15) is 13.2 Å². The Labute approximate surface area is 114 Å². The summed E-state index contributed by atoms with van der Waals surface area (Å²) < 4.78 is 47.0. The Hall–Kier alpha value is -1.60. The van der Waals surface area contributed by atoms with Crippen LogP contribution in [-0.2, 0) is 15.7 Å². The monoisotopic (exact) mass is 291 g/mol. The van der Waals surface area contributed by atoms with E-state index in [1.165, 1.54) is 14.2 Å². The van der Waals surface area contributed by atoms with E-state index in [4.69, 9.17) is 9.47 Å². The molecule has 1 N–H and O–H groups in total. The Morgan fingerprint density at radius 1 is 1.15 bits per heavy atom. The third-order valence-corrected chi connectivity index (χ3v) is 2.55. The minimum Gasteiger partial charge on any atom is -0.382 e. The largest absolute Gasteiger partial charge is 0.416 e. The van der Waals surface area contributed by atoms with Crippen LogP contribution in [0.2, 0.25) is 0 Å². The van der Waals surface area contributed by atoms with Crippen LogP contribution in [0.1, 0.15) is 15.9 Å². The van der Waals surface area contributed by atoms with Crippen molar-refractivity contribution >= 4 is 5.91 Å². The lowest BCUT2D eigenvalue weighted by atomic mass is 10.1. The summed E-state index contributed by atoms with van der Waals surface area (Å²) in [6, 6.07) is 3.65. The van der Waals surface area contributed by atoms with Gasteiger partial charge in [0.25, 0.3) is 5.91 Å². The average molecular weight is 291 g/mol. The molecule has 1 aromatic rings. The van der Waals surface area contributed by atoms with Crippen molar-refractivity contribution in [1.82, 2.24) is 5.32 Å². The van der Waals surface area contributed by atoms with E-state index in [2.05, 4.69) is 5.32 Å². The van der Waals surface area contributed by atoms with Crippen molar-refractivity contribution in [3.05, 3.63) is 35.4 Å². The highest BCUT2D eigenvalue weighted by Crippen LogP contribution is 2.29. The second kappa shape index (κ2) is 7.25. The molecule has 0 aliphatic carbocycles. The summed E-state index contributed by atoms with van der Waals surface area (Å²) in [5, 5.41) is 2.62. The van der Waals surface area contributed by atoms with Crippen LogP contribution in [0.3, 0.4) is 0 Å². The van der Waals surface area contributed by atoms with Gasteiger partial charge in [-0.05, 0) is 24.3 Å². The molecule has 0 fully saturated rings. The molecule has 0 radical (unpaired) electrons. The van der Waals surface area contributed by atoms with E-state index >= 15 is 0 Å². The molecule has 0 saturated heterocycles. The third-order valence-electron chi connectivity index (χ3n) is 2.55. The summed E-state index contributed by atoms with van der Waals surface area (Å²) in [6.07, 6.45) is -4.41. The van der Waals surface area contributed by atoms with Crippen molar-refractivity contribution in [2.75, 3.05) is 27.4 Å². The molecule has 0 atom stereocenters. The maximum Gasteiger partial charge on any atom is 0.416 e. The van der Waals surface area contributed by atoms with Gasteiger partial charge >= 0.3 is 6.18 Å². The van der Waals surface area contributed by atoms with E-state index < -0.39 is 17.6 Å². The number of hydrogen-bond acceptors (Lipinski definition) is 3. The number of alkyl halides is 3. The van der Waals surface area contributed by atoms with Crippen LogP contribution in [0.5, 0.6) is 0 Å². The van der Waals surface area contributed by atoms with Crippen LogP contribution >= 0.6 is 0 Å². The minimum atomic E-state index is -4.41. The highest BCUT2D eigenvalue weighted by molar-refractivity contribution is 5.94. The van der Waals surface area contributed by atoms with E-state index in [1.54, 1.807) is 0 Å². The number of carbonyl (C=O) groups excluding carboxylic acids is 1. The first kappa shape index (κ1) is 16.5. The number of carbonyl (C=O) groups is 1. The number of benzene rings is 1. The molecular weight excluding hydrogens is 275 g/mol. The lowest BCUT2D eigenvalue weighted by Gasteiger charge is -2.17. The molecule has 0 bridgehead atoms. The Bertz CT molecular complexity index is 425. The van der Waals surface area contributed by atoms with Gasteiger partial charge in [0, 0.05) is 19.8 Å². The number of rotatable bonds is 6. The van der Waals surface area contributed by atoms with Gasteiger partial charge in [0.2, 0.25) is 0 Å². The number of amides is 1.